The van der Waals surface area contributed by atoms with Gasteiger partial charge in [-0.05, 0) is 31.0 Å². The maximum Gasteiger partial charge on any atom is 0.222 e. The lowest BCUT2D eigenvalue weighted by Crippen LogP contribution is -2.27. The van der Waals surface area contributed by atoms with Crippen LogP contribution in [-0.4, -0.2) is 46.6 Å². The molecule has 1 fully saturated rings. The summed E-state index contributed by atoms with van der Waals surface area (Å²) in [6.07, 6.45) is 7.33. The largest absolute Gasteiger partial charge is 0.390 e. The molecule has 0 aliphatic carbocycles. The first-order valence-corrected chi connectivity index (χ1v) is 8.69. The zero-order chi connectivity index (χ0) is 17.6. The van der Waals surface area contributed by atoms with Crippen molar-refractivity contribution in [1.82, 2.24) is 20.2 Å². The average molecular weight is 358 g/mol. The number of aromatic nitrogens is 2. The number of nitrogens with one attached hydrogen (secondary N) is 2. The van der Waals surface area contributed by atoms with Gasteiger partial charge in [-0.3, -0.25) is 9.78 Å². The molecule has 0 atom stereocenters. The molecule has 0 spiro atoms. The number of likely N-dealkylation sites (tertiary alicyclic amines) is 1. The number of carbonyl (C=O) groups is 1. The first kappa shape index (κ1) is 17.4. The van der Waals surface area contributed by atoms with Crippen LogP contribution in [0.3, 0.4) is 0 Å². The quantitative estimate of drug-likeness (QED) is 0.453. The van der Waals surface area contributed by atoms with Gasteiger partial charge in [0.25, 0.3) is 0 Å². The maximum atomic E-state index is 11.6. The van der Waals surface area contributed by atoms with Crippen molar-refractivity contribution in [1.29, 1.82) is 5.41 Å². The summed E-state index contributed by atoms with van der Waals surface area (Å²) in [4.78, 5) is 22.1. The average Bonchev–Trinajstić information content (AvgIpc) is 3.02. The van der Waals surface area contributed by atoms with Crippen molar-refractivity contribution < 1.29 is 4.79 Å². The van der Waals surface area contributed by atoms with Gasteiger partial charge in [-0.25, -0.2) is 4.98 Å². The highest BCUT2D eigenvalue weighted by molar-refractivity contribution is 6.29. The van der Waals surface area contributed by atoms with Crippen LogP contribution in [0.25, 0.3) is 16.6 Å². The fourth-order valence-electron chi connectivity index (χ4n) is 2.84. The molecule has 0 bridgehead atoms. The highest BCUT2D eigenvalue weighted by Gasteiger charge is 2.18. The standard InChI is InChI=1S/C18H20ClN5O/c19-17-5-4-15-16(23-17)9-13(12-22-15)14(10-20)11-21-6-2-8-24-7-1-3-18(24)25/h4-5,9-12,20-21H,1-3,6-8H2/b14-11+,20-10?. The Balaban J connectivity index is 1.60. The smallest absolute Gasteiger partial charge is 0.222 e. The van der Waals surface area contributed by atoms with Gasteiger partial charge < -0.3 is 15.6 Å². The summed E-state index contributed by atoms with van der Waals surface area (Å²) in [6, 6.07) is 5.40. The van der Waals surface area contributed by atoms with E-state index in [-0.39, 0.29) is 5.91 Å². The first-order valence-electron chi connectivity index (χ1n) is 8.32. The topological polar surface area (TPSA) is 82.0 Å². The van der Waals surface area contributed by atoms with Gasteiger partial charge in [-0.1, -0.05) is 11.6 Å². The molecule has 1 aliphatic rings. The predicted molar refractivity (Wildman–Crippen MR) is 99.7 cm³/mol. The van der Waals surface area contributed by atoms with Gasteiger partial charge in [0.2, 0.25) is 5.91 Å². The molecule has 1 aliphatic heterocycles. The molecule has 3 heterocycles. The van der Waals surface area contributed by atoms with Crippen molar-refractivity contribution in [2.24, 2.45) is 0 Å². The summed E-state index contributed by atoms with van der Waals surface area (Å²) in [5, 5.41) is 11.3. The van der Waals surface area contributed by atoms with Crippen LogP contribution in [0.5, 0.6) is 0 Å². The van der Waals surface area contributed by atoms with E-state index in [0.717, 1.165) is 43.6 Å². The Morgan fingerprint density at radius 1 is 1.40 bits per heavy atom. The maximum absolute atomic E-state index is 11.6. The summed E-state index contributed by atoms with van der Waals surface area (Å²) >= 11 is 5.93. The van der Waals surface area contributed by atoms with Gasteiger partial charge >= 0.3 is 0 Å². The van der Waals surface area contributed by atoms with E-state index in [1.54, 1.807) is 18.5 Å². The van der Waals surface area contributed by atoms with Crippen LogP contribution in [0.2, 0.25) is 5.15 Å². The Morgan fingerprint density at radius 2 is 2.28 bits per heavy atom. The van der Waals surface area contributed by atoms with Crippen molar-refractivity contribution in [3.05, 3.63) is 41.3 Å². The third-order valence-corrected chi connectivity index (χ3v) is 4.38. The van der Waals surface area contributed by atoms with Gasteiger partial charge in [-0.15, -0.1) is 0 Å². The van der Waals surface area contributed by atoms with Gasteiger partial charge in [0, 0.05) is 55.8 Å². The van der Waals surface area contributed by atoms with E-state index in [4.69, 9.17) is 17.0 Å². The van der Waals surface area contributed by atoms with Gasteiger partial charge in [0.1, 0.15) is 5.15 Å². The number of carbonyl (C=O) groups excluding carboxylic acids is 1. The number of pyridine rings is 2. The Morgan fingerprint density at radius 3 is 3.04 bits per heavy atom. The molecule has 0 aromatic carbocycles. The lowest BCUT2D eigenvalue weighted by atomic mass is 10.1. The molecule has 1 saturated heterocycles. The zero-order valence-electron chi connectivity index (χ0n) is 13.8. The SMILES string of the molecule is N=C/C(=C\NCCCN1CCCC1=O)c1cnc2ccc(Cl)nc2c1. The molecule has 25 heavy (non-hydrogen) atoms. The van der Waals surface area contributed by atoms with E-state index in [1.165, 1.54) is 6.21 Å². The number of halogens is 1. The minimum atomic E-state index is 0.254. The molecule has 3 rings (SSSR count). The monoisotopic (exact) mass is 357 g/mol. The van der Waals surface area contributed by atoms with Crippen LogP contribution in [0.1, 0.15) is 24.8 Å². The van der Waals surface area contributed by atoms with Crippen molar-refractivity contribution in [2.75, 3.05) is 19.6 Å². The van der Waals surface area contributed by atoms with Crippen LogP contribution in [0, 0.1) is 5.41 Å². The second-order valence-electron chi connectivity index (χ2n) is 5.93. The third kappa shape index (κ3) is 4.33. The summed E-state index contributed by atoms with van der Waals surface area (Å²) in [5.74, 6) is 0.254. The molecule has 2 aromatic rings. The number of fused-ring (bicyclic) bond motifs is 1. The van der Waals surface area contributed by atoms with E-state index < -0.39 is 0 Å². The van der Waals surface area contributed by atoms with Gasteiger partial charge in [0.05, 0.1) is 11.0 Å². The molecule has 0 saturated carbocycles. The number of amides is 1. The Kier molecular flexibility index (Phi) is 5.60. The van der Waals surface area contributed by atoms with Gasteiger partial charge in [-0.2, -0.15) is 0 Å². The highest BCUT2D eigenvalue weighted by atomic mass is 35.5. The first-order chi connectivity index (χ1) is 12.2. The van der Waals surface area contributed by atoms with Crippen molar-refractivity contribution >= 4 is 40.3 Å². The molecular formula is C18H20ClN5O. The normalized spacial score (nSPS) is 15.0. The summed E-state index contributed by atoms with van der Waals surface area (Å²) in [5.41, 5.74) is 2.99. The fourth-order valence-corrected chi connectivity index (χ4v) is 3.00. The van der Waals surface area contributed by atoms with Crippen molar-refractivity contribution in [2.45, 2.75) is 19.3 Å². The van der Waals surface area contributed by atoms with Crippen molar-refractivity contribution in [3.8, 4) is 0 Å². The molecule has 0 unspecified atom stereocenters. The second-order valence-corrected chi connectivity index (χ2v) is 6.32. The predicted octanol–water partition coefficient (Wildman–Crippen LogP) is 2.88. The molecule has 7 heteroatoms. The number of hydrogen-bond acceptors (Lipinski definition) is 5. The minimum absolute atomic E-state index is 0.254. The van der Waals surface area contributed by atoms with Crippen LogP contribution in [0.15, 0.2) is 30.6 Å². The second kappa shape index (κ2) is 8.07. The lowest BCUT2D eigenvalue weighted by Gasteiger charge is -2.15. The molecule has 6 nitrogen and oxygen atoms in total. The molecule has 1 amide bonds. The lowest BCUT2D eigenvalue weighted by molar-refractivity contribution is -0.127. The molecule has 0 radical (unpaired) electrons. The van der Waals surface area contributed by atoms with Crippen molar-refractivity contribution in [3.63, 3.8) is 0 Å². The molecule has 2 aromatic heterocycles. The van der Waals surface area contributed by atoms with E-state index in [0.29, 0.717) is 22.7 Å². The van der Waals surface area contributed by atoms with Crippen LogP contribution in [0.4, 0.5) is 0 Å². The van der Waals surface area contributed by atoms with E-state index >= 15 is 0 Å². The summed E-state index contributed by atoms with van der Waals surface area (Å²) < 4.78 is 0. The van der Waals surface area contributed by atoms with E-state index in [2.05, 4.69) is 15.3 Å². The Hall–Kier alpha value is -2.47. The fraction of sp³-hybridized carbons (Fsp3) is 0.333. The number of allylic oxidation sites excluding steroid dienone is 1. The Labute approximate surface area is 151 Å². The third-order valence-electron chi connectivity index (χ3n) is 4.17. The van der Waals surface area contributed by atoms with E-state index in [1.807, 2.05) is 17.0 Å². The number of rotatable bonds is 7. The van der Waals surface area contributed by atoms with Gasteiger partial charge in [0.15, 0.2) is 0 Å². The highest BCUT2D eigenvalue weighted by Crippen LogP contribution is 2.18. The van der Waals surface area contributed by atoms with Crippen LogP contribution >= 0.6 is 11.6 Å². The molecule has 130 valence electrons. The summed E-state index contributed by atoms with van der Waals surface area (Å²) in [6.45, 7) is 2.39. The molecule has 2 N–H and O–H groups in total. The molecular weight excluding hydrogens is 338 g/mol. The zero-order valence-corrected chi connectivity index (χ0v) is 14.6. The number of hydrogen-bond donors (Lipinski definition) is 2. The van der Waals surface area contributed by atoms with Crippen LogP contribution in [-0.2, 0) is 4.79 Å². The summed E-state index contributed by atoms with van der Waals surface area (Å²) in [7, 11) is 0. The number of nitrogens with zero attached hydrogens (tertiary/aromatic N) is 3. The van der Waals surface area contributed by atoms with E-state index in [9.17, 15) is 4.79 Å². The van der Waals surface area contributed by atoms with Crippen LogP contribution < -0.4 is 5.32 Å². The minimum Gasteiger partial charge on any atom is -0.390 e. The Bertz CT molecular complexity index is 820.